The molecule has 3 aromatic heterocycles. The first-order valence-electron chi connectivity index (χ1n) is 39.7. The van der Waals surface area contributed by atoms with Crippen LogP contribution in [0.2, 0.25) is 0 Å². The molecule has 36 heteroatoms. The highest BCUT2D eigenvalue weighted by Crippen LogP contribution is 2.41. The molecule has 672 valence electrons. The van der Waals surface area contributed by atoms with E-state index >= 15 is 0 Å². The molecule has 0 atom stereocenters. The van der Waals surface area contributed by atoms with E-state index in [0.29, 0.717) is 89.6 Å². The maximum absolute atomic E-state index is 13.2. The number of ether oxygens (including phenoxy) is 8. The zero-order valence-electron chi connectivity index (χ0n) is 74.1. The molecule has 3 aromatic carbocycles. The van der Waals surface area contributed by atoms with Gasteiger partial charge in [-0.25, -0.2) is 39.6 Å². The molecule has 121 heavy (non-hydrogen) atoms. The van der Waals surface area contributed by atoms with Crippen molar-refractivity contribution in [3.63, 3.8) is 0 Å². The van der Waals surface area contributed by atoms with E-state index < -0.39 is 65.5 Å². The highest BCUT2D eigenvalue weighted by Gasteiger charge is 2.46. The Balaban J connectivity index is 0.000000298. The normalized spacial score (nSPS) is 15.2. The third-order valence-electron chi connectivity index (χ3n) is 21.5. The largest absolute Gasteiger partial charge is 0.497 e. The average Bonchev–Trinajstić information content (AvgIpc) is 0.775. The molecular formula is C85H127ClN12O20S3. The number of likely N-dealkylation sites (tertiary alicyclic amines) is 2. The van der Waals surface area contributed by atoms with Gasteiger partial charge in [0.15, 0.2) is 0 Å². The Morgan fingerprint density at radius 3 is 1.00 bits per heavy atom. The van der Waals surface area contributed by atoms with Crippen molar-refractivity contribution in [3.8, 4) is 17.2 Å². The molecule has 3 aliphatic rings. The van der Waals surface area contributed by atoms with Crippen LogP contribution in [0.1, 0.15) is 130 Å². The summed E-state index contributed by atoms with van der Waals surface area (Å²) in [5, 5.41) is 15.3. The Morgan fingerprint density at radius 2 is 0.727 bits per heavy atom. The van der Waals surface area contributed by atoms with Crippen molar-refractivity contribution in [2.45, 2.75) is 164 Å². The number of nitrogens with zero attached hydrogens (tertiary/aromatic N) is 10. The Bertz CT molecular complexity index is 4670. The lowest BCUT2D eigenvalue weighted by atomic mass is 9.80. The number of aryl methyl sites for hydroxylation is 6. The second-order valence-electron chi connectivity index (χ2n) is 32.0. The van der Waals surface area contributed by atoms with Crippen molar-refractivity contribution in [1.29, 1.82) is 0 Å². The summed E-state index contributed by atoms with van der Waals surface area (Å²) in [6, 6.07) is 21.9. The number of aliphatic carboxylic acids is 1. The minimum atomic E-state index is -3.76. The summed E-state index contributed by atoms with van der Waals surface area (Å²) < 4.78 is 124. The predicted octanol–water partition coefficient (Wildman–Crippen LogP) is 9.79. The number of benzene rings is 3. The molecule has 0 bridgehead atoms. The van der Waals surface area contributed by atoms with Crippen molar-refractivity contribution in [1.82, 2.24) is 58.1 Å². The lowest BCUT2D eigenvalue weighted by molar-refractivity contribution is -0.142. The lowest BCUT2D eigenvalue weighted by Gasteiger charge is -2.47. The van der Waals surface area contributed by atoms with Gasteiger partial charge in [-0.05, 0) is 265 Å². The third-order valence-corrected chi connectivity index (χ3v) is 27.9. The standard InChI is InChI=1S/C30H44N4O7S.C25H36N4O5S.C16H25N3O2.C14H21NO6S.ClH/c1-22-19-25(39-8)20-23(2)27(22)42(37,38)32(6)17-18-40-21-26(35)34-15-11-30(12-16-34,24-9-13-31-14-10-24)33(7)28(36)41-29(3,4)5;1-19-16-22(33-5)17-20(2)24(19)35(31,32)28(4)14-15-34-18-23(30)29-12-8-25(26-3,9-13-29)21-6-10-27-11-7-21;1-15(2,3)21-14(20)19(4)16(7-11-18-12-8-16)13-5-9-17-10-6-13;1-10-7-12(20-4)8-11(2)14(10)22(18,19)15(3)5-6-21-9-13(16)17;/h9-10,13-14,19-20H,11-12,15-18,21H2,1-8H3;6-7,10-11,16-17,26H,8-9,12-15,18H2,1-5H3;5-6,9-10,18H,7-8,11-12H2,1-4H3;7-8H,5-6,9H2,1-4H3,(H,16,17);1H. The maximum atomic E-state index is 13.2. The number of nitrogens with one attached hydrogen (secondary N) is 2. The molecule has 32 nitrogen and oxygen atoms in total. The van der Waals surface area contributed by atoms with E-state index in [4.69, 9.17) is 43.0 Å². The molecule has 0 unspecified atom stereocenters. The summed E-state index contributed by atoms with van der Waals surface area (Å²) >= 11 is 0. The Labute approximate surface area is 722 Å². The van der Waals surface area contributed by atoms with E-state index in [1.165, 1.54) is 49.5 Å². The van der Waals surface area contributed by atoms with E-state index in [9.17, 15) is 49.2 Å². The molecule has 0 spiro atoms. The van der Waals surface area contributed by atoms with Gasteiger partial charge in [-0.1, -0.05) is 0 Å². The van der Waals surface area contributed by atoms with Crippen molar-refractivity contribution < 1.29 is 92.2 Å². The molecule has 3 saturated heterocycles. The number of aromatic nitrogens is 3. The lowest BCUT2D eigenvalue weighted by Crippen LogP contribution is -2.55. The number of pyridine rings is 3. The molecular weight excluding hydrogens is 1640 g/mol. The van der Waals surface area contributed by atoms with E-state index in [-0.39, 0.29) is 109 Å². The van der Waals surface area contributed by atoms with Crippen molar-refractivity contribution in [2.75, 3.05) is 162 Å². The number of halogens is 1. The van der Waals surface area contributed by atoms with E-state index in [2.05, 4.69) is 25.6 Å². The van der Waals surface area contributed by atoms with Gasteiger partial charge in [0.1, 0.15) is 48.3 Å². The zero-order valence-corrected chi connectivity index (χ0v) is 77.3. The molecule has 3 aliphatic heterocycles. The van der Waals surface area contributed by atoms with Gasteiger partial charge >= 0.3 is 18.2 Å². The van der Waals surface area contributed by atoms with Crippen LogP contribution in [0.3, 0.4) is 0 Å². The minimum Gasteiger partial charge on any atom is -0.497 e. The molecule has 6 aromatic rings. The first kappa shape index (κ1) is 103. The topological polar surface area (TPSA) is 367 Å². The number of piperidine rings is 3. The van der Waals surface area contributed by atoms with E-state index in [1.54, 1.807) is 149 Å². The van der Waals surface area contributed by atoms with Gasteiger partial charge in [0.25, 0.3) is 0 Å². The van der Waals surface area contributed by atoms with Crippen LogP contribution in [-0.2, 0) is 84.8 Å². The Morgan fingerprint density at radius 1 is 0.455 bits per heavy atom. The fraction of sp³-hybridized carbons (Fsp3) is 0.553. The van der Waals surface area contributed by atoms with Crippen LogP contribution in [0.5, 0.6) is 17.2 Å². The van der Waals surface area contributed by atoms with E-state index in [0.717, 1.165) is 54.2 Å². The number of carboxylic acid groups (broad SMARTS) is 1. The number of hydrogen-bond acceptors (Lipinski definition) is 24. The molecule has 0 saturated carbocycles. The molecule has 0 radical (unpaired) electrons. The fourth-order valence-corrected chi connectivity index (χ4v) is 19.5. The molecule has 9 rings (SSSR count). The van der Waals surface area contributed by atoms with Crippen LogP contribution in [-0.4, -0.2) is 281 Å². The number of rotatable bonds is 30. The van der Waals surface area contributed by atoms with Crippen LogP contribution in [0.15, 0.2) is 125 Å². The molecule has 3 N–H and O–H groups in total. The summed E-state index contributed by atoms with van der Waals surface area (Å²) in [6.07, 6.45) is 14.2. The van der Waals surface area contributed by atoms with Gasteiger partial charge in [-0.3, -0.25) is 24.5 Å². The monoisotopic (exact) mass is 1770 g/mol. The fourth-order valence-electron chi connectivity index (χ4n) is 14.8. The van der Waals surface area contributed by atoms with Gasteiger partial charge in [0.2, 0.25) is 41.9 Å². The SMILES string of the molecule is CN(C(=O)OC(C)(C)C)C1(c2ccncc2)CCNCC1.CNC1(c2ccncc2)CCN(C(=O)COCCN(C)S(=O)(=O)c2c(C)cc(OC)cc2C)CC1.COc1cc(C)c(S(=O)(=O)N(C)CCOCC(=O)N2CCC(c3ccncc3)(N(C)C(=O)OC(C)(C)C)CC2)c(C)c1.COc1cc(C)c(S(=O)(=O)N(C)CCOCC(=O)O)c(C)c1.Cl. The van der Waals surface area contributed by atoms with Crippen LogP contribution >= 0.6 is 12.4 Å². The smallest absolute Gasteiger partial charge is 0.410 e. The summed E-state index contributed by atoms with van der Waals surface area (Å²) in [4.78, 5) is 81.5. The second kappa shape index (κ2) is 45.6. The number of carbonyl (C=O) groups is 5. The number of sulfonamides is 3. The highest BCUT2D eigenvalue weighted by atomic mass is 35.5. The number of hydrogen-bond donors (Lipinski definition) is 3. The first-order valence-corrected chi connectivity index (χ1v) is 44.0. The van der Waals surface area contributed by atoms with Crippen LogP contribution < -0.4 is 24.8 Å². The number of carbonyl (C=O) groups excluding carboxylic acids is 4. The first-order chi connectivity index (χ1) is 56.3. The second-order valence-corrected chi connectivity index (χ2v) is 37.9. The van der Waals surface area contributed by atoms with Gasteiger partial charge in [-0.2, -0.15) is 12.9 Å². The number of amides is 4. The van der Waals surface area contributed by atoms with Crippen molar-refractivity contribution in [3.05, 3.63) is 160 Å². The highest BCUT2D eigenvalue weighted by molar-refractivity contribution is 7.89. The van der Waals surface area contributed by atoms with Crippen molar-refractivity contribution in [2.24, 2.45) is 0 Å². The average molecular weight is 1770 g/mol. The summed E-state index contributed by atoms with van der Waals surface area (Å²) in [6.45, 7) is 25.2. The van der Waals surface area contributed by atoms with Gasteiger partial charge in [0.05, 0.1) is 66.9 Å². The Hall–Kier alpha value is -8.72. The zero-order chi connectivity index (χ0) is 89.4. The molecule has 3 fully saturated rings. The van der Waals surface area contributed by atoms with Gasteiger partial charge < -0.3 is 73.2 Å². The van der Waals surface area contributed by atoms with Crippen LogP contribution in [0.25, 0.3) is 0 Å². The van der Waals surface area contributed by atoms with Crippen LogP contribution in [0.4, 0.5) is 9.59 Å². The summed E-state index contributed by atoms with van der Waals surface area (Å²) in [5.74, 6) is 0.450. The number of carboxylic acids is 1. The molecule has 6 heterocycles. The Kier molecular flexibility index (Phi) is 38.8. The maximum Gasteiger partial charge on any atom is 0.410 e. The summed E-state index contributed by atoms with van der Waals surface area (Å²) in [5.41, 5.74) is 4.57. The minimum absolute atomic E-state index is 0. The van der Waals surface area contributed by atoms with Crippen molar-refractivity contribution >= 4 is 72.4 Å². The van der Waals surface area contributed by atoms with Gasteiger partial charge in [-0.15, -0.1) is 12.4 Å². The van der Waals surface area contributed by atoms with Gasteiger partial charge in [0, 0.05) is 124 Å². The predicted molar refractivity (Wildman–Crippen MR) is 463 cm³/mol. The van der Waals surface area contributed by atoms with E-state index in [1.807, 2.05) is 92.0 Å². The number of likely N-dealkylation sites (N-methyl/N-ethyl adjacent to an activating group) is 3. The molecule has 0 aliphatic carbocycles. The quantitative estimate of drug-likeness (QED) is 0.0353. The third kappa shape index (κ3) is 27.6. The van der Waals surface area contributed by atoms with Crippen LogP contribution in [0, 0.1) is 41.5 Å². The number of methoxy groups -OCH3 is 3. The summed E-state index contributed by atoms with van der Waals surface area (Å²) in [7, 11) is 3.44. The molecule has 4 amide bonds.